The molecule has 0 unspecified atom stereocenters. The van der Waals surface area contributed by atoms with Crippen molar-refractivity contribution in [1.82, 2.24) is 0 Å². The van der Waals surface area contributed by atoms with Crippen LogP contribution in [0.15, 0.2) is 46.4 Å². The molecule has 26 heavy (non-hydrogen) atoms. The lowest BCUT2D eigenvalue weighted by Gasteiger charge is -2.09. The van der Waals surface area contributed by atoms with Gasteiger partial charge >= 0.3 is 0 Å². The van der Waals surface area contributed by atoms with Crippen LogP contribution in [0.4, 0.5) is 5.69 Å². The van der Waals surface area contributed by atoms with Crippen LogP contribution in [0.25, 0.3) is 6.08 Å². The molecule has 134 valence electrons. The largest absolute Gasteiger partial charge is 0.504 e. The predicted octanol–water partition coefficient (Wildman–Crippen LogP) is 4.11. The first kappa shape index (κ1) is 19.3. The van der Waals surface area contributed by atoms with E-state index in [4.69, 9.17) is 9.47 Å². The number of methoxy groups -OCH3 is 1. The molecule has 2 rings (SSSR count). The van der Waals surface area contributed by atoms with Gasteiger partial charge in [-0.3, -0.25) is 4.79 Å². The Labute approximate surface area is 159 Å². The van der Waals surface area contributed by atoms with Gasteiger partial charge in [-0.05, 0) is 42.8 Å². The Bertz CT molecular complexity index is 888. The third kappa shape index (κ3) is 4.77. The van der Waals surface area contributed by atoms with Gasteiger partial charge in [-0.2, -0.15) is 5.26 Å². The number of nitriles is 1. The normalized spacial score (nSPS) is 10.8. The molecule has 0 saturated heterocycles. The van der Waals surface area contributed by atoms with E-state index in [0.717, 1.165) is 0 Å². The van der Waals surface area contributed by atoms with Gasteiger partial charge < -0.3 is 19.9 Å². The van der Waals surface area contributed by atoms with Gasteiger partial charge in [-0.1, -0.05) is 22.0 Å². The van der Waals surface area contributed by atoms with Crippen molar-refractivity contribution >= 4 is 33.6 Å². The van der Waals surface area contributed by atoms with Gasteiger partial charge in [-0.25, -0.2) is 0 Å². The van der Waals surface area contributed by atoms with Gasteiger partial charge in [0.05, 0.1) is 13.7 Å². The molecule has 0 aliphatic rings. The Morgan fingerprint density at radius 3 is 2.81 bits per heavy atom. The fraction of sp³-hybridized carbons (Fsp3) is 0.158. The summed E-state index contributed by atoms with van der Waals surface area (Å²) in [6, 6.07) is 11.7. The number of carbonyl (C=O) groups is 1. The van der Waals surface area contributed by atoms with Gasteiger partial charge in [0.2, 0.25) is 0 Å². The Morgan fingerprint density at radius 1 is 1.38 bits per heavy atom. The number of rotatable bonds is 6. The highest BCUT2D eigenvalue weighted by molar-refractivity contribution is 9.10. The highest BCUT2D eigenvalue weighted by Gasteiger charge is 2.13. The number of phenols is 1. The number of ether oxygens (including phenoxy) is 2. The molecule has 0 fully saturated rings. The third-order valence-corrected chi connectivity index (χ3v) is 4.05. The number of aromatic hydroxyl groups is 1. The highest BCUT2D eigenvalue weighted by atomic mass is 79.9. The number of carbonyl (C=O) groups excluding carboxylic acids is 1. The van der Waals surface area contributed by atoms with Gasteiger partial charge in [0, 0.05) is 16.2 Å². The zero-order valence-corrected chi connectivity index (χ0v) is 15.8. The standard InChI is InChI=1S/C19H17BrN2O4/c1-3-26-15-6-4-5-14(9-15)22-19(24)13(11-21)7-12-8-18(25-2)17(23)10-16(12)20/h4-10,23H,3H2,1-2H3,(H,22,24)/b13-7-. The van der Waals surface area contributed by atoms with Crippen LogP contribution >= 0.6 is 15.9 Å². The second-order valence-electron chi connectivity index (χ2n) is 5.13. The monoisotopic (exact) mass is 416 g/mol. The molecule has 0 heterocycles. The topological polar surface area (TPSA) is 91.6 Å². The number of benzene rings is 2. The zero-order chi connectivity index (χ0) is 19.1. The van der Waals surface area contributed by atoms with Crippen LogP contribution in [-0.4, -0.2) is 24.7 Å². The maximum absolute atomic E-state index is 12.4. The molecule has 2 aromatic rings. The lowest BCUT2D eigenvalue weighted by molar-refractivity contribution is -0.112. The molecule has 0 aliphatic heterocycles. The highest BCUT2D eigenvalue weighted by Crippen LogP contribution is 2.33. The molecule has 1 amide bonds. The molecular weight excluding hydrogens is 400 g/mol. The Kier molecular flexibility index (Phi) is 6.64. The second kappa shape index (κ2) is 8.92. The van der Waals surface area contributed by atoms with E-state index in [1.54, 1.807) is 24.3 Å². The third-order valence-electron chi connectivity index (χ3n) is 3.37. The number of anilines is 1. The minimum Gasteiger partial charge on any atom is -0.504 e. The lowest BCUT2D eigenvalue weighted by atomic mass is 10.1. The molecule has 7 heteroatoms. The minimum absolute atomic E-state index is 0.0489. The molecule has 0 aliphatic carbocycles. The molecule has 2 N–H and O–H groups in total. The quantitative estimate of drug-likeness (QED) is 0.545. The molecule has 6 nitrogen and oxygen atoms in total. The molecule has 0 atom stereocenters. The first-order valence-electron chi connectivity index (χ1n) is 7.71. The second-order valence-corrected chi connectivity index (χ2v) is 5.98. The van der Waals surface area contributed by atoms with Crippen LogP contribution in [-0.2, 0) is 4.79 Å². The molecule has 0 aromatic heterocycles. The summed E-state index contributed by atoms with van der Waals surface area (Å²) in [5.74, 6) is 0.257. The molecule has 0 spiro atoms. The maximum atomic E-state index is 12.4. The van der Waals surface area contributed by atoms with Gasteiger partial charge in [0.25, 0.3) is 5.91 Å². The zero-order valence-electron chi connectivity index (χ0n) is 14.2. The summed E-state index contributed by atoms with van der Waals surface area (Å²) >= 11 is 3.29. The summed E-state index contributed by atoms with van der Waals surface area (Å²) in [5, 5.41) is 21.8. The number of phenolic OH excluding ortho intramolecular Hbond substituents is 1. The molecule has 0 bridgehead atoms. The van der Waals surface area contributed by atoms with Crippen molar-refractivity contribution in [3.63, 3.8) is 0 Å². The summed E-state index contributed by atoms with van der Waals surface area (Å²) in [6.45, 7) is 2.38. The fourth-order valence-electron chi connectivity index (χ4n) is 2.17. The van der Waals surface area contributed by atoms with E-state index in [0.29, 0.717) is 28.1 Å². The van der Waals surface area contributed by atoms with Crippen molar-refractivity contribution in [2.24, 2.45) is 0 Å². The number of amides is 1. The molecular formula is C19H17BrN2O4. The summed E-state index contributed by atoms with van der Waals surface area (Å²) in [6.07, 6.45) is 1.41. The lowest BCUT2D eigenvalue weighted by Crippen LogP contribution is -2.13. The van der Waals surface area contributed by atoms with Crippen LogP contribution in [0, 0.1) is 11.3 Å². The van der Waals surface area contributed by atoms with Crippen LogP contribution in [0.3, 0.4) is 0 Å². The van der Waals surface area contributed by atoms with Gasteiger partial charge in [0.15, 0.2) is 11.5 Å². The fourth-order valence-corrected chi connectivity index (χ4v) is 2.61. The van der Waals surface area contributed by atoms with Crippen molar-refractivity contribution < 1.29 is 19.4 Å². The Hall–Kier alpha value is -2.98. The number of hydrogen-bond donors (Lipinski definition) is 2. The molecule has 0 saturated carbocycles. The van der Waals surface area contributed by atoms with E-state index >= 15 is 0 Å². The summed E-state index contributed by atoms with van der Waals surface area (Å²) in [4.78, 5) is 12.4. The summed E-state index contributed by atoms with van der Waals surface area (Å²) in [7, 11) is 1.42. The van der Waals surface area contributed by atoms with Crippen LogP contribution in [0.1, 0.15) is 12.5 Å². The van der Waals surface area contributed by atoms with Crippen molar-refractivity contribution in [2.45, 2.75) is 6.92 Å². The van der Waals surface area contributed by atoms with E-state index in [-0.39, 0.29) is 17.1 Å². The maximum Gasteiger partial charge on any atom is 0.266 e. The number of halogens is 1. The predicted molar refractivity (Wildman–Crippen MR) is 102 cm³/mol. The van der Waals surface area contributed by atoms with Crippen LogP contribution in [0.2, 0.25) is 0 Å². The summed E-state index contributed by atoms with van der Waals surface area (Å²) in [5.41, 5.74) is 0.944. The van der Waals surface area contributed by atoms with Crippen molar-refractivity contribution in [1.29, 1.82) is 5.26 Å². The first-order valence-corrected chi connectivity index (χ1v) is 8.50. The van der Waals surface area contributed by atoms with E-state index in [9.17, 15) is 15.2 Å². The van der Waals surface area contributed by atoms with E-state index in [1.165, 1.54) is 25.3 Å². The Balaban J connectivity index is 2.28. The number of hydrogen-bond acceptors (Lipinski definition) is 5. The van der Waals surface area contributed by atoms with Crippen LogP contribution < -0.4 is 14.8 Å². The minimum atomic E-state index is -0.555. The SMILES string of the molecule is CCOc1cccc(NC(=O)/C(C#N)=C\c2cc(OC)c(O)cc2Br)c1. The molecule has 0 radical (unpaired) electrons. The number of nitrogens with one attached hydrogen (secondary N) is 1. The molecule has 2 aromatic carbocycles. The number of nitrogens with zero attached hydrogens (tertiary/aromatic N) is 1. The van der Waals surface area contributed by atoms with Crippen molar-refractivity contribution in [2.75, 3.05) is 19.0 Å². The average molecular weight is 417 g/mol. The van der Waals surface area contributed by atoms with Crippen LogP contribution in [0.5, 0.6) is 17.2 Å². The first-order chi connectivity index (χ1) is 12.5. The Morgan fingerprint density at radius 2 is 2.15 bits per heavy atom. The summed E-state index contributed by atoms with van der Waals surface area (Å²) < 4.78 is 11.0. The van der Waals surface area contributed by atoms with E-state index in [2.05, 4.69) is 21.2 Å². The smallest absolute Gasteiger partial charge is 0.266 e. The van der Waals surface area contributed by atoms with Crippen molar-refractivity contribution in [3.8, 4) is 23.3 Å². The van der Waals surface area contributed by atoms with E-state index < -0.39 is 5.91 Å². The van der Waals surface area contributed by atoms with Gasteiger partial charge in [-0.15, -0.1) is 0 Å². The van der Waals surface area contributed by atoms with Crippen molar-refractivity contribution in [3.05, 3.63) is 52.0 Å². The average Bonchev–Trinajstić information content (AvgIpc) is 2.61. The van der Waals surface area contributed by atoms with Gasteiger partial charge in [0.1, 0.15) is 17.4 Å². The van der Waals surface area contributed by atoms with E-state index in [1.807, 2.05) is 13.0 Å².